The molecule has 0 aromatic carbocycles. The van der Waals surface area contributed by atoms with Crippen LogP contribution in [0.3, 0.4) is 0 Å². The summed E-state index contributed by atoms with van der Waals surface area (Å²) in [5, 5.41) is 3.42. The van der Waals surface area contributed by atoms with Crippen molar-refractivity contribution >= 4 is 5.91 Å². The number of nitrogens with one attached hydrogen (secondary N) is 1. The van der Waals surface area contributed by atoms with Crippen molar-refractivity contribution in [3.63, 3.8) is 0 Å². The smallest absolute Gasteiger partial charge is 0.220 e. The molecule has 1 fully saturated rings. The quantitative estimate of drug-likeness (QED) is 0.579. The third-order valence-corrected chi connectivity index (χ3v) is 4.36. The number of carbonyl (C=O) groups excluding carboxylic acids is 1. The summed E-state index contributed by atoms with van der Waals surface area (Å²) < 4.78 is 0. The van der Waals surface area contributed by atoms with E-state index in [0.717, 1.165) is 13.2 Å². The zero-order valence-corrected chi connectivity index (χ0v) is 13.6. The predicted molar refractivity (Wildman–Crippen MR) is 85.6 cm³/mol. The lowest BCUT2D eigenvalue weighted by Gasteiger charge is -2.12. The molecule has 1 saturated heterocycles. The van der Waals surface area contributed by atoms with Gasteiger partial charge in [0.15, 0.2) is 0 Å². The van der Waals surface area contributed by atoms with Crippen LogP contribution in [0.2, 0.25) is 0 Å². The Bertz CT molecular complexity index is 255. The molecule has 1 rings (SSSR count). The standard InChI is InChI=1S/C17H34N2O/c1-3-4-5-6-7-8-9-10-11-12-13-17-14-19(15-18-17)16(2)20/h17-18H,3-15H2,1-2H3. The van der Waals surface area contributed by atoms with Crippen LogP contribution in [0.1, 0.15) is 84.5 Å². The minimum absolute atomic E-state index is 0.197. The monoisotopic (exact) mass is 282 g/mol. The Labute approximate surface area is 125 Å². The lowest BCUT2D eigenvalue weighted by Crippen LogP contribution is -2.26. The van der Waals surface area contributed by atoms with E-state index in [-0.39, 0.29) is 5.91 Å². The number of carbonyl (C=O) groups is 1. The molecular formula is C17H34N2O. The number of nitrogens with zero attached hydrogens (tertiary/aromatic N) is 1. The van der Waals surface area contributed by atoms with E-state index in [2.05, 4.69) is 12.2 Å². The predicted octanol–water partition coefficient (Wildman–Crippen LogP) is 4.08. The van der Waals surface area contributed by atoms with Crippen LogP contribution in [0.15, 0.2) is 0 Å². The zero-order valence-electron chi connectivity index (χ0n) is 13.6. The molecule has 1 unspecified atom stereocenters. The van der Waals surface area contributed by atoms with Crippen LogP contribution in [-0.4, -0.2) is 30.1 Å². The number of unbranched alkanes of at least 4 members (excludes halogenated alkanes) is 9. The summed E-state index contributed by atoms with van der Waals surface area (Å²) >= 11 is 0. The van der Waals surface area contributed by atoms with Crippen molar-refractivity contribution in [2.45, 2.75) is 90.5 Å². The summed E-state index contributed by atoms with van der Waals surface area (Å²) in [5.74, 6) is 0.197. The Morgan fingerprint density at radius 1 is 1.00 bits per heavy atom. The lowest BCUT2D eigenvalue weighted by molar-refractivity contribution is -0.127. The van der Waals surface area contributed by atoms with Gasteiger partial charge >= 0.3 is 0 Å². The summed E-state index contributed by atoms with van der Waals surface area (Å²) in [4.78, 5) is 13.1. The van der Waals surface area contributed by atoms with Crippen molar-refractivity contribution < 1.29 is 4.79 Å². The minimum Gasteiger partial charge on any atom is -0.329 e. The molecule has 1 amide bonds. The first-order valence-electron chi connectivity index (χ1n) is 8.73. The molecule has 0 aromatic heterocycles. The van der Waals surface area contributed by atoms with E-state index >= 15 is 0 Å². The molecule has 0 saturated carbocycles. The van der Waals surface area contributed by atoms with Gasteiger partial charge in [0.1, 0.15) is 0 Å². The van der Waals surface area contributed by atoms with Crippen molar-refractivity contribution in [1.29, 1.82) is 0 Å². The van der Waals surface area contributed by atoms with Gasteiger partial charge in [-0.15, -0.1) is 0 Å². The Morgan fingerprint density at radius 3 is 2.05 bits per heavy atom. The van der Waals surface area contributed by atoms with Crippen LogP contribution in [-0.2, 0) is 4.79 Å². The third kappa shape index (κ3) is 7.88. The first kappa shape index (κ1) is 17.5. The van der Waals surface area contributed by atoms with E-state index in [4.69, 9.17) is 0 Å². The van der Waals surface area contributed by atoms with Gasteiger partial charge in [-0.3, -0.25) is 10.1 Å². The van der Waals surface area contributed by atoms with Crippen LogP contribution in [0, 0.1) is 0 Å². The molecule has 20 heavy (non-hydrogen) atoms. The fourth-order valence-electron chi connectivity index (χ4n) is 2.95. The highest BCUT2D eigenvalue weighted by molar-refractivity contribution is 5.73. The second-order valence-electron chi connectivity index (χ2n) is 6.27. The van der Waals surface area contributed by atoms with Crippen molar-refractivity contribution in [3.8, 4) is 0 Å². The summed E-state index contributed by atoms with van der Waals surface area (Å²) in [5.41, 5.74) is 0. The minimum atomic E-state index is 0.197. The topological polar surface area (TPSA) is 32.3 Å². The Hall–Kier alpha value is -0.570. The van der Waals surface area contributed by atoms with Crippen LogP contribution in [0.4, 0.5) is 0 Å². The number of amides is 1. The molecule has 1 aliphatic rings. The van der Waals surface area contributed by atoms with Gasteiger partial charge in [-0.2, -0.15) is 0 Å². The van der Waals surface area contributed by atoms with Crippen molar-refractivity contribution in [2.24, 2.45) is 0 Å². The highest BCUT2D eigenvalue weighted by atomic mass is 16.2. The van der Waals surface area contributed by atoms with E-state index in [1.54, 1.807) is 6.92 Å². The van der Waals surface area contributed by atoms with Crippen molar-refractivity contribution in [1.82, 2.24) is 10.2 Å². The molecule has 0 aromatic rings. The van der Waals surface area contributed by atoms with E-state index < -0.39 is 0 Å². The molecule has 3 nitrogen and oxygen atoms in total. The maximum absolute atomic E-state index is 11.2. The van der Waals surface area contributed by atoms with Gasteiger partial charge in [-0.25, -0.2) is 0 Å². The molecule has 1 atom stereocenters. The molecule has 1 N–H and O–H groups in total. The Morgan fingerprint density at radius 2 is 1.55 bits per heavy atom. The normalized spacial score (nSPS) is 18.7. The molecule has 0 spiro atoms. The van der Waals surface area contributed by atoms with Crippen LogP contribution in [0.5, 0.6) is 0 Å². The van der Waals surface area contributed by atoms with Crippen LogP contribution < -0.4 is 5.32 Å². The fraction of sp³-hybridized carbons (Fsp3) is 0.941. The summed E-state index contributed by atoms with van der Waals surface area (Å²) in [6, 6.07) is 0.535. The lowest BCUT2D eigenvalue weighted by atomic mass is 10.0. The molecule has 0 radical (unpaired) electrons. The van der Waals surface area contributed by atoms with Gasteiger partial charge in [0, 0.05) is 19.5 Å². The summed E-state index contributed by atoms with van der Waals surface area (Å²) in [6.07, 6.45) is 15.1. The van der Waals surface area contributed by atoms with Crippen LogP contribution in [0.25, 0.3) is 0 Å². The first-order chi connectivity index (χ1) is 9.74. The highest BCUT2D eigenvalue weighted by Gasteiger charge is 2.22. The van der Waals surface area contributed by atoms with Gasteiger partial charge in [-0.05, 0) is 6.42 Å². The number of hydrogen-bond acceptors (Lipinski definition) is 2. The van der Waals surface area contributed by atoms with Gasteiger partial charge in [0.25, 0.3) is 0 Å². The van der Waals surface area contributed by atoms with Gasteiger partial charge < -0.3 is 4.90 Å². The Kier molecular flexibility index (Phi) is 9.73. The number of rotatable bonds is 11. The summed E-state index contributed by atoms with van der Waals surface area (Å²) in [7, 11) is 0. The molecule has 0 aliphatic carbocycles. The SMILES string of the molecule is CCCCCCCCCCCCC1CN(C(C)=O)CN1. The number of hydrogen-bond donors (Lipinski definition) is 1. The van der Waals surface area contributed by atoms with Gasteiger partial charge in [0.05, 0.1) is 6.67 Å². The van der Waals surface area contributed by atoms with Gasteiger partial charge in [0.2, 0.25) is 5.91 Å². The van der Waals surface area contributed by atoms with Crippen LogP contribution >= 0.6 is 0 Å². The summed E-state index contributed by atoms with van der Waals surface area (Å²) in [6.45, 7) is 5.59. The molecule has 1 aliphatic heterocycles. The fourth-order valence-corrected chi connectivity index (χ4v) is 2.95. The Balaban J connectivity index is 1.82. The zero-order chi connectivity index (χ0) is 14.6. The molecular weight excluding hydrogens is 248 g/mol. The average Bonchev–Trinajstić information content (AvgIpc) is 2.90. The first-order valence-corrected chi connectivity index (χ1v) is 8.73. The highest BCUT2D eigenvalue weighted by Crippen LogP contribution is 2.13. The largest absolute Gasteiger partial charge is 0.329 e. The molecule has 3 heteroatoms. The van der Waals surface area contributed by atoms with Gasteiger partial charge in [-0.1, -0.05) is 71.1 Å². The second kappa shape index (κ2) is 11.1. The average molecular weight is 282 g/mol. The third-order valence-electron chi connectivity index (χ3n) is 4.36. The van der Waals surface area contributed by atoms with E-state index in [9.17, 15) is 4.79 Å². The van der Waals surface area contributed by atoms with Crippen molar-refractivity contribution in [3.05, 3.63) is 0 Å². The maximum atomic E-state index is 11.2. The van der Waals surface area contributed by atoms with E-state index in [1.807, 2.05) is 4.90 Å². The van der Waals surface area contributed by atoms with E-state index in [0.29, 0.717) is 6.04 Å². The van der Waals surface area contributed by atoms with E-state index in [1.165, 1.54) is 70.6 Å². The van der Waals surface area contributed by atoms with Crippen molar-refractivity contribution in [2.75, 3.05) is 13.2 Å². The molecule has 118 valence electrons. The molecule has 1 heterocycles. The second-order valence-corrected chi connectivity index (χ2v) is 6.27. The molecule has 0 bridgehead atoms. The maximum Gasteiger partial charge on any atom is 0.220 e.